The Morgan fingerprint density at radius 3 is 1.90 bits per heavy atom. The molecule has 9 heteroatoms. The molecule has 30 heavy (non-hydrogen) atoms. The molecule has 1 nitrogen and oxygen atoms in total. The van der Waals surface area contributed by atoms with Crippen LogP contribution in [0.25, 0.3) is 11.1 Å². The van der Waals surface area contributed by atoms with Crippen molar-refractivity contribution >= 4 is 0 Å². The van der Waals surface area contributed by atoms with Crippen LogP contribution in [0, 0.1) is 24.4 Å². The van der Waals surface area contributed by atoms with Gasteiger partial charge in [0.1, 0.15) is 5.56 Å². The summed E-state index contributed by atoms with van der Waals surface area (Å²) in [5.41, 5.74) is -2.68. The van der Waals surface area contributed by atoms with Gasteiger partial charge in [-0.15, -0.1) is 0 Å². The number of ether oxygens (including phenoxy) is 1. The van der Waals surface area contributed by atoms with E-state index in [0.29, 0.717) is 24.3 Å². The molecule has 0 aliphatic heterocycles. The predicted octanol–water partition coefficient (Wildman–Crippen LogP) is 7.23. The summed E-state index contributed by atoms with van der Waals surface area (Å²) in [6, 6.07) is 9.03. The minimum absolute atomic E-state index is 0.219. The number of alkyl halides is 5. The summed E-state index contributed by atoms with van der Waals surface area (Å²) in [6.45, 7) is 1.76. The van der Waals surface area contributed by atoms with E-state index in [1.165, 1.54) is 12.1 Å². The average molecular weight is 432 g/mol. The average Bonchev–Trinajstić information content (AvgIpc) is 2.65. The summed E-state index contributed by atoms with van der Waals surface area (Å²) in [7, 11) is 0. The van der Waals surface area contributed by atoms with E-state index in [0.717, 1.165) is 11.6 Å². The quantitative estimate of drug-likeness (QED) is 0.396. The zero-order valence-electron chi connectivity index (χ0n) is 15.1. The molecule has 0 aliphatic rings. The molecule has 3 aromatic rings. The van der Waals surface area contributed by atoms with Gasteiger partial charge in [-0.3, -0.25) is 0 Å². The largest absolute Gasteiger partial charge is 0.429 e. The van der Waals surface area contributed by atoms with Crippen LogP contribution in [-0.4, -0.2) is 0 Å². The molecule has 0 amide bonds. The highest BCUT2D eigenvalue weighted by Gasteiger charge is 2.42. The lowest BCUT2D eigenvalue weighted by Gasteiger charge is -2.21. The Bertz CT molecular complexity index is 1070. The van der Waals surface area contributed by atoms with Crippen molar-refractivity contribution in [2.24, 2.45) is 0 Å². The van der Waals surface area contributed by atoms with Crippen LogP contribution in [0.4, 0.5) is 35.1 Å². The Morgan fingerprint density at radius 1 is 0.667 bits per heavy atom. The molecule has 0 N–H and O–H groups in total. The lowest BCUT2D eigenvalue weighted by molar-refractivity contribution is -0.190. The maximum Gasteiger partial charge on any atom is 0.429 e. The standard InChI is InChI=1S/C21H12F8O/c1-11-5-7-12(8-6-11)13-9-10-15(19(24)17(13)22)21(28,29)30-16-4-2-3-14(18(16)23)20(25,26)27/h2-10H,1H3. The van der Waals surface area contributed by atoms with Gasteiger partial charge in [0.05, 0.1) is 5.56 Å². The smallest absolute Gasteiger partial charge is 0.426 e. The summed E-state index contributed by atoms with van der Waals surface area (Å²) in [6.07, 6.45) is -9.81. The summed E-state index contributed by atoms with van der Waals surface area (Å²) >= 11 is 0. The number of hydrogen-bond acceptors (Lipinski definition) is 1. The van der Waals surface area contributed by atoms with Crippen LogP contribution in [-0.2, 0) is 12.3 Å². The van der Waals surface area contributed by atoms with Crippen molar-refractivity contribution in [3.05, 3.63) is 88.7 Å². The molecule has 0 radical (unpaired) electrons. The SMILES string of the molecule is Cc1ccc(-c2ccc(C(F)(F)Oc3cccc(C(F)(F)F)c3F)c(F)c2F)cc1. The topological polar surface area (TPSA) is 9.23 Å². The molecule has 3 rings (SSSR count). The maximum absolute atomic E-state index is 14.4. The summed E-state index contributed by atoms with van der Waals surface area (Å²) in [5, 5.41) is 0. The molecule has 0 aromatic heterocycles. The minimum atomic E-state index is -5.16. The molecule has 0 atom stereocenters. The van der Waals surface area contributed by atoms with Crippen LogP contribution in [0.3, 0.4) is 0 Å². The van der Waals surface area contributed by atoms with Crippen molar-refractivity contribution in [3.8, 4) is 16.9 Å². The van der Waals surface area contributed by atoms with Gasteiger partial charge in [-0.2, -0.15) is 22.0 Å². The first-order valence-electron chi connectivity index (χ1n) is 8.40. The highest BCUT2D eigenvalue weighted by atomic mass is 19.4. The molecular formula is C21H12F8O. The third-order valence-corrected chi connectivity index (χ3v) is 4.27. The van der Waals surface area contributed by atoms with E-state index >= 15 is 0 Å². The van der Waals surface area contributed by atoms with Crippen LogP contribution in [0.2, 0.25) is 0 Å². The Labute approximate surface area is 165 Å². The van der Waals surface area contributed by atoms with Gasteiger partial charge in [-0.05, 0) is 30.7 Å². The lowest BCUT2D eigenvalue weighted by Crippen LogP contribution is -2.25. The van der Waals surface area contributed by atoms with Gasteiger partial charge in [0, 0.05) is 5.56 Å². The number of benzene rings is 3. The van der Waals surface area contributed by atoms with Gasteiger partial charge in [-0.1, -0.05) is 42.0 Å². The molecule has 3 aromatic carbocycles. The van der Waals surface area contributed by atoms with Crippen molar-refractivity contribution in [1.82, 2.24) is 0 Å². The first kappa shape index (κ1) is 21.6. The lowest BCUT2D eigenvalue weighted by atomic mass is 10.0. The second-order valence-corrected chi connectivity index (χ2v) is 6.39. The van der Waals surface area contributed by atoms with E-state index in [1.807, 2.05) is 0 Å². The Hall–Kier alpha value is -3.10. The molecule has 0 aliphatic carbocycles. The molecule has 0 fully saturated rings. The second kappa shape index (κ2) is 7.62. The van der Waals surface area contributed by atoms with E-state index in [4.69, 9.17) is 0 Å². The van der Waals surface area contributed by atoms with Crippen LogP contribution < -0.4 is 4.74 Å². The van der Waals surface area contributed by atoms with Crippen molar-refractivity contribution in [2.45, 2.75) is 19.2 Å². The van der Waals surface area contributed by atoms with Gasteiger partial charge < -0.3 is 4.74 Å². The molecular weight excluding hydrogens is 420 g/mol. The predicted molar refractivity (Wildman–Crippen MR) is 92.5 cm³/mol. The first-order chi connectivity index (χ1) is 13.9. The normalized spacial score (nSPS) is 12.2. The number of rotatable bonds is 4. The zero-order valence-corrected chi connectivity index (χ0v) is 15.1. The Kier molecular flexibility index (Phi) is 5.49. The molecule has 0 saturated heterocycles. The van der Waals surface area contributed by atoms with Gasteiger partial charge in [0.2, 0.25) is 0 Å². The molecule has 0 saturated carbocycles. The fourth-order valence-electron chi connectivity index (χ4n) is 2.73. The van der Waals surface area contributed by atoms with Crippen LogP contribution in [0.15, 0.2) is 54.6 Å². The van der Waals surface area contributed by atoms with Crippen LogP contribution in [0.1, 0.15) is 16.7 Å². The van der Waals surface area contributed by atoms with E-state index < -0.39 is 46.6 Å². The highest BCUT2D eigenvalue weighted by molar-refractivity contribution is 5.65. The van der Waals surface area contributed by atoms with Crippen molar-refractivity contribution in [2.75, 3.05) is 0 Å². The zero-order chi connectivity index (χ0) is 22.3. The third kappa shape index (κ3) is 4.10. The number of hydrogen-bond donors (Lipinski definition) is 0. The van der Waals surface area contributed by atoms with Gasteiger partial charge in [0.15, 0.2) is 23.2 Å². The third-order valence-electron chi connectivity index (χ3n) is 4.27. The molecule has 0 bridgehead atoms. The number of aryl methyl sites for hydroxylation is 1. The molecule has 158 valence electrons. The van der Waals surface area contributed by atoms with Gasteiger partial charge >= 0.3 is 12.3 Å². The Balaban J connectivity index is 1.99. The van der Waals surface area contributed by atoms with E-state index in [9.17, 15) is 35.1 Å². The Morgan fingerprint density at radius 2 is 1.30 bits per heavy atom. The summed E-state index contributed by atoms with van der Waals surface area (Å²) < 4.78 is 114. The molecule has 0 spiro atoms. The van der Waals surface area contributed by atoms with E-state index in [2.05, 4.69) is 4.74 Å². The highest BCUT2D eigenvalue weighted by Crippen LogP contribution is 2.40. The molecule has 0 unspecified atom stereocenters. The van der Waals surface area contributed by atoms with Crippen molar-refractivity contribution in [1.29, 1.82) is 0 Å². The van der Waals surface area contributed by atoms with Gasteiger partial charge in [0.25, 0.3) is 0 Å². The van der Waals surface area contributed by atoms with Crippen LogP contribution >= 0.6 is 0 Å². The van der Waals surface area contributed by atoms with Gasteiger partial charge in [-0.25, -0.2) is 13.2 Å². The molecule has 0 heterocycles. The minimum Gasteiger partial charge on any atom is -0.426 e. The first-order valence-corrected chi connectivity index (χ1v) is 8.40. The fraction of sp³-hybridized carbons (Fsp3) is 0.143. The van der Waals surface area contributed by atoms with Crippen LogP contribution in [0.5, 0.6) is 5.75 Å². The fourth-order valence-corrected chi connectivity index (χ4v) is 2.73. The van der Waals surface area contributed by atoms with E-state index in [-0.39, 0.29) is 11.1 Å². The monoisotopic (exact) mass is 432 g/mol. The summed E-state index contributed by atoms with van der Waals surface area (Å²) in [5.74, 6) is -7.13. The maximum atomic E-state index is 14.4. The van der Waals surface area contributed by atoms with Crippen molar-refractivity contribution in [3.63, 3.8) is 0 Å². The second-order valence-electron chi connectivity index (χ2n) is 6.39. The van der Waals surface area contributed by atoms with E-state index in [1.54, 1.807) is 19.1 Å². The number of halogens is 8. The summed E-state index contributed by atoms with van der Waals surface area (Å²) in [4.78, 5) is 0. The van der Waals surface area contributed by atoms with Crippen molar-refractivity contribution < 1.29 is 39.9 Å².